The molecule has 0 saturated heterocycles. The van der Waals surface area contributed by atoms with Crippen LogP contribution in [0.5, 0.6) is 0 Å². The predicted octanol–water partition coefficient (Wildman–Crippen LogP) is 15.1. The lowest BCUT2D eigenvalue weighted by atomic mass is 9.57. The van der Waals surface area contributed by atoms with E-state index in [9.17, 15) is 0 Å². The fraction of sp³-hybridized carbons (Fsp3) is 1.00. The van der Waals surface area contributed by atoms with Gasteiger partial charge in [-0.15, -0.1) is 0 Å². The summed E-state index contributed by atoms with van der Waals surface area (Å²) in [6.45, 7) is 19.0. The van der Waals surface area contributed by atoms with Gasteiger partial charge in [0, 0.05) is 6.61 Å². The smallest absolute Gasteiger partial charge is 0.0598 e. The molecule has 1 nitrogen and oxygen atoms in total. The van der Waals surface area contributed by atoms with Gasteiger partial charge in [-0.25, -0.2) is 0 Å². The van der Waals surface area contributed by atoms with Crippen molar-refractivity contribution >= 4 is 8.07 Å². The molecule has 7 aliphatic rings. The molecule has 0 aliphatic heterocycles. The Labute approximate surface area is 320 Å². The van der Waals surface area contributed by atoms with Crippen molar-refractivity contribution in [3.05, 3.63) is 0 Å². The van der Waals surface area contributed by atoms with Crippen LogP contribution in [0.3, 0.4) is 0 Å². The van der Waals surface area contributed by atoms with E-state index < -0.39 is 8.07 Å². The Morgan fingerprint density at radius 1 is 0.529 bits per heavy atom. The first-order chi connectivity index (χ1) is 24.6. The van der Waals surface area contributed by atoms with E-state index >= 15 is 0 Å². The van der Waals surface area contributed by atoms with E-state index in [1.54, 1.807) is 115 Å². The first-order valence-electron chi connectivity index (χ1n) is 24.2. The maximum absolute atomic E-state index is 6.17. The van der Waals surface area contributed by atoms with Gasteiger partial charge in [-0.1, -0.05) is 143 Å². The van der Waals surface area contributed by atoms with Crippen molar-refractivity contribution in [3.63, 3.8) is 0 Å². The molecular formula is C49H88OSi. The minimum Gasteiger partial charge on any atom is -0.376 e. The summed E-state index contributed by atoms with van der Waals surface area (Å²) in [4.78, 5) is 0. The molecule has 0 heterocycles. The molecule has 0 aromatic rings. The molecular weight excluding hydrogens is 633 g/mol. The number of unbranched alkanes of at least 4 members (excludes halogenated alkanes) is 3. The molecule has 7 aliphatic carbocycles. The van der Waals surface area contributed by atoms with Gasteiger partial charge in [0.1, 0.15) is 0 Å². The highest BCUT2D eigenvalue weighted by molar-refractivity contribution is 6.81. The largest absolute Gasteiger partial charge is 0.376 e. The number of fused-ring (bicyclic) bond motifs is 3. The van der Waals surface area contributed by atoms with Crippen molar-refractivity contribution < 1.29 is 4.74 Å². The summed E-state index contributed by atoms with van der Waals surface area (Å²) >= 11 is 0. The van der Waals surface area contributed by atoms with Gasteiger partial charge in [-0.05, 0) is 154 Å². The molecule has 51 heavy (non-hydrogen) atoms. The van der Waals surface area contributed by atoms with Crippen LogP contribution in [-0.2, 0) is 4.74 Å². The summed E-state index contributed by atoms with van der Waals surface area (Å²) in [5, 5.41) is 0. The zero-order valence-corrected chi connectivity index (χ0v) is 36.5. The van der Waals surface area contributed by atoms with Crippen molar-refractivity contribution in [1.29, 1.82) is 0 Å². The van der Waals surface area contributed by atoms with Gasteiger partial charge < -0.3 is 4.74 Å². The summed E-state index contributed by atoms with van der Waals surface area (Å²) in [5.74, 6) is 13.8. The van der Waals surface area contributed by atoms with Crippen LogP contribution in [0.25, 0.3) is 0 Å². The molecule has 0 amide bonds. The molecule has 294 valence electrons. The predicted molar refractivity (Wildman–Crippen MR) is 223 cm³/mol. The Morgan fingerprint density at radius 3 is 1.71 bits per heavy atom. The maximum atomic E-state index is 6.17. The van der Waals surface area contributed by atoms with Crippen molar-refractivity contribution in [2.75, 3.05) is 6.61 Å². The number of rotatable bonds is 12. The normalized spacial score (nSPS) is 43.4. The zero-order valence-electron chi connectivity index (χ0n) is 35.5. The van der Waals surface area contributed by atoms with Crippen molar-refractivity contribution in [3.8, 4) is 0 Å². The number of ether oxygens (including phenoxy) is 1. The van der Waals surface area contributed by atoms with Crippen LogP contribution in [0.15, 0.2) is 0 Å². The van der Waals surface area contributed by atoms with Gasteiger partial charge in [0.15, 0.2) is 0 Å². The van der Waals surface area contributed by atoms with E-state index in [1.165, 1.54) is 44.9 Å². The quantitative estimate of drug-likeness (QED) is 0.144. The van der Waals surface area contributed by atoms with Gasteiger partial charge in [0.05, 0.1) is 13.7 Å². The topological polar surface area (TPSA) is 9.23 Å². The van der Waals surface area contributed by atoms with Crippen LogP contribution in [0, 0.1) is 76.9 Å². The average molecular weight is 721 g/mol. The Bertz CT molecular complexity index is 1070. The van der Waals surface area contributed by atoms with Crippen molar-refractivity contribution in [2.24, 2.45) is 76.9 Å². The third-order valence-electron chi connectivity index (χ3n) is 18.5. The van der Waals surface area contributed by atoms with Gasteiger partial charge in [0.25, 0.3) is 0 Å². The first kappa shape index (κ1) is 39.4. The standard InChI is InChI=1S/C49H88OSi/c1-34(2)44-33-46-39(36-20-11-10-12-21-36)25-18-29-43(46)48(44)51(7,31-16-9-8-15-30-50-49(4,5)6)47-35(3)32-45-41(27-19-28-42(45)47)40-26-17-23-37-22-13-14-24-38(37)40/h34-48H,8-33H2,1-7H3. The number of hydrogen-bond acceptors (Lipinski definition) is 1. The van der Waals surface area contributed by atoms with E-state index in [-0.39, 0.29) is 5.60 Å². The average Bonchev–Trinajstić information content (AvgIpc) is 3.69. The molecule has 0 aromatic carbocycles. The molecule has 2 heteroatoms. The van der Waals surface area contributed by atoms with Gasteiger partial charge in [-0.2, -0.15) is 0 Å². The van der Waals surface area contributed by atoms with Crippen molar-refractivity contribution in [1.82, 2.24) is 0 Å². The van der Waals surface area contributed by atoms with Crippen LogP contribution < -0.4 is 0 Å². The highest BCUT2D eigenvalue weighted by Gasteiger charge is 2.62. The maximum Gasteiger partial charge on any atom is 0.0598 e. The third kappa shape index (κ3) is 8.48. The lowest BCUT2D eigenvalue weighted by Crippen LogP contribution is -2.51. The molecule has 0 radical (unpaired) electrons. The van der Waals surface area contributed by atoms with E-state index in [2.05, 4.69) is 48.1 Å². The van der Waals surface area contributed by atoms with Crippen LogP contribution in [0.2, 0.25) is 23.7 Å². The van der Waals surface area contributed by atoms with Crippen LogP contribution in [-0.4, -0.2) is 20.3 Å². The monoisotopic (exact) mass is 721 g/mol. The molecule has 7 rings (SSSR count). The second kappa shape index (κ2) is 17.1. The second-order valence-corrected chi connectivity index (χ2v) is 27.4. The summed E-state index contributed by atoms with van der Waals surface area (Å²) < 4.78 is 6.17. The zero-order chi connectivity index (χ0) is 35.8. The summed E-state index contributed by atoms with van der Waals surface area (Å²) in [7, 11) is -1.61. The molecule has 0 N–H and O–H groups in total. The molecule has 0 aromatic heterocycles. The Morgan fingerprint density at radius 2 is 1.02 bits per heavy atom. The second-order valence-electron chi connectivity index (χ2n) is 22.6. The van der Waals surface area contributed by atoms with Gasteiger partial charge >= 0.3 is 0 Å². The van der Waals surface area contributed by atoms with Crippen LogP contribution in [0.1, 0.15) is 196 Å². The summed E-state index contributed by atoms with van der Waals surface area (Å²) in [6.07, 6.45) is 37.2. The fourth-order valence-corrected chi connectivity index (χ4v) is 24.8. The molecule has 7 fully saturated rings. The Balaban J connectivity index is 1.15. The number of hydrogen-bond donors (Lipinski definition) is 0. The third-order valence-corrected chi connectivity index (χ3v) is 24.8. The Hall–Kier alpha value is 0.177. The highest BCUT2D eigenvalue weighted by Crippen LogP contribution is 2.69. The minimum absolute atomic E-state index is 0.00830. The lowest BCUT2D eigenvalue weighted by Gasteiger charge is -2.53. The lowest BCUT2D eigenvalue weighted by molar-refractivity contribution is -0.00471. The van der Waals surface area contributed by atoms with Crippen LogP contribution in [0.4, 0.5) is 0 Å². The first-order valence-corrected chi connectivity index (χ1v) is 27.1. The van der Waals surface area contributed by atoms with Gasteiger partial charge in [0.2, 0.25) is 0 Å². The van der Waals surface area contributed by atoms with E-state index in [4.69, 9.17) is 4.74 Å². The van der Waals surface area contributed by atoms with E-state index in [0.29, 0.717) is 0 Å². The van der Waals surface area contributed by atoms with Gasteiger partial charge in [-0.3, -0.25) is 0 Å². The van der Waals surface area contributed by atoms with Crippen LogP contribution >= 0.6 is 0 Å². The molecule has 0 bridgehead atoms. The SMILES string of the molecule is CC(C)C1CC2C(C3CCCCC3)CCCC2C1[Si](C)(CCCCCCOC(C)(C)C)C1C(C)CC2C(C3CCCC4CCCCC43)CCCC21. The highest BCUT2D eigenvalue weighted by atomic mass is 28.3. The summed E-state index contributed by atoms with van der Waals surface area (Å²) in [6, 6.07) is 1.66. The molecule has 7 saturated carbocycles. The van der Waals surface area contributed by atoms with Crippen molar-refractivity contribution in [2.45, 2.75) is 225 Å². The summed E-state index contributed by atoms with van der Waals surface area (Å²) in [5.41, 5.74) is 2.23. The molecule has 14 atom stereocenters. The minimum atomic E-state index is -1.61. The Kier molecular flexibility index (Phi) is 13.2. The van der Waals surface area contributed by atoms with E-state index in [1.807, 2.05) is 0 Å². The fourth-order valence-electron chi connectivity index (χ4n) is 16.9. The molecule has 0 spiro atoms. The molecule has 14 unspecified atom stereocenters. The van der Waals surface area contributed by atoms with E-state index in [0.717, 1.165) is 94.6 Å².